The maximum Gasteiger partial charge on any atom is 0.178 e. The van der Waals surface area contributed by atoms with Gasteiger partial charge in [-0.1, -0.05) is 23.2 Å². The first-order chi connectivity index (χ1) is 11.5. The van der Waals surface area contributed by atoms with Crippen LogP contribution in [0.3, 0.4) is 0 Å². The Morgan fingerprint density at radius 3 is 2.29 bits per heavy atom. The van der Waals surface area contributed by atoms with Gasteiger partial charge in [-0.3, -0.25) is 4.79 Å². The van der Waals surface area contributed by atoms with Crippen LogP contribution < -0.4 is 11.1 Å². The molecule has 120 valence electrons. The Morgan fingerprint density at radius 2 is 1.62 bits per heavy atom. The smallest absolute Gasteiger partial charge is 0.178 e. The van der Waals surface area contributed by atoms with Crippen molar-refractivity contribution in [1.82, 2.24) is 0 Å². The van der Waals surface area contributed by atoms with Crippen molar-refractivity contribution in [3.63, 3.8) is 0 Å². The number of nitrogens with one attached hydrogen (secondary N) is 1. The van der Waals surface area contributed by atoms with Crippen LogP contribution in [0.4, 0.5) is 22.7 Å². The molecule has 2 aromatic rings. The van der Waals surface area contributed by atoms with E-state index in [1.54, 1.807) is 36.4 Å². The normalized spacial score (nSPS) is 13.2. The van der Waals surface area contributed by atoms with E-state index >= 15 is 0 Å². The molecule has 0 amide bonds. The number of aliphatic imine (C=N–C) groups is 1. The second kappa shape index (κ2) is 6.91. The highest BCUT2D eigenvalue weighted by molar-refractivity contribution is 6.34. The van der Waals surface area contributed by atoms with Gasteiger partial charge in [-0.2, -0.15) is 0 Å². The van der Waals surface area contributed by atoms with Gasteiger partial charge in [0, 0.05) is 10.7 Å². The third-order valence-corrected chi connectivity index (χ3v) is 3.89. The second-order valence-corrected chi connectivity index (χ2v) is 5.97. The van der Waals surface area contributed by atoms with E-state index in [-0.39, 0.29) is 5.78 Å². The Kier molecular flexibility index (Phi) is 4.69. The van der Waals surface area contributed by atoms with Gasteiger partial charge in [0.15, 0.2) is 5.78 Å². The standard InChI is InChI=1S/C18H13Cl2N3O/c19-11-1-3-12(4-2-11)22-17-10-16(21)18(9-15(17)20)23-13-5-7-14(24)8-6-13/h1-10,22H,21H2. The molecular formula is C18H13Cl2N3O. The Balaban J connectivity index is 1.87. The van der Waals surface area contributed by atoms with Crippen molar-refractivity contribution in [2.45, 2.75) is 0 Å². The molecule has 24 heavy (non-hydrogen) atoms. The fourth-order valence-corrected chi connectivity index (χ4v) is 2.45. The van der Waals surface area contributed by atoms with Crippen LogP contribution in [-0.2, 0) is 4.79 Å². The molecule has 0 aromatic heterocycles. The molecule has 1 aliphatic rings. The summed E-state index contributed by atoms with van der Waals surface area (Å²) < 4.78 is 0. The number of nitrogens with two attached hydrogens (primary N) is 1. The molecule has 0 saturated heterocycles. The minimum absolute atomic E-state index is 0.0672. The Morgan fingerprint density at radius 1 is 0.958 bits per heavy atom. The van der Waals surface area contributed by atoms with Gasteiger partial charge in [0.1, 0.15) is 0 Å². The molecule has 0 radical (unpaired) electrons. The number of hydrogen-bond acceptors (Lipinski definition) is 4. The predicted molar refractivity (Wildman–Crippen MR) is 101 cm³/mol. The van der Waals surface area contributed by atoms with E-state index in [1.807, 2.05) is 12.1 Å². The molecule has 0 unspecified atom stereocenters. The van der Waals surface area contributed by atoms with E-state index in [4.69, 9.17) is 28.9 Å². The van der Waals surface area contributed by atoms with Gasteiger partial charge in [-0.05, 0) is 60.7 Å². The van der Waals surface area contributed by atoms with Gasteiger partial charge in [0.05, 0.1) is 27.8 Å². The first kappa shape index (κ1) is 16.3. The van der Waals surface area contributed by atoms with Crippen molar-refractivity contribution in [1.29, 1.82) is 0 Å². The number of anilines is 3. The van der Waals surface area contributed by atoms with Crippen LogP contribution in [-0.4, -0.2) is 11.5 Å². The molecule has 1 aliphatic carbocycles. The summed E-state index contributed by atoms with van der Waals surface area (Å²) in [6, 6.07) is 10.7. The Labute approximate surface area is 149 Å². The van der Waals surface area contributed by atoms with Crippen LogP contribution >= 0.6 is 23.2 Å². The molecule has 0 fully saturated rings. The molecular weight excluding hydrogens is 345 g/mol. The van der Waals surface area contributed by atoms with Gasteiger partial charge in [0.2, 0.25) is 0 Å². The van der Waals surface area contributed by atoms with E-state index in [9.17, 15) is 4.79 Å². The number of carbonyl (C=O) groups excluding carboxylic acids is 1. The van der Waals surface area contributed by atoms with E-state index in [0.29, 0.717) is 32.8 Å². The van der Waals surface area contributed by atoms with Gasteiger partial charge < -0.3 is 11.1 Å². The SMILES string of the molecule is Nc1cc(Nc2ccc(Cl)cc2)c(Cl)cc1N=C1C=CC(=O)C=C1. The van der Waals surface area contributed by atoms with Crippen molar-refractivity contribution in [2.24, 2.45) is 4.99 Å². The Hall–Kier alpha value is -2.56. The maximum absolute atomic E-state index is 11.1. The molecule has 0 bridgehead atoms. The number of allylic oxidation sites excluding steroid dienone is 4. The summed E-state index contributed by atoms with van der Waals surface area (Å²) in [7, 11) is 0. The molecule has 2 aromatic carbocycles. The fraction of sp³-hybridized carbons (Fsp3) is 0. The summed E-state index contributed by atoms with van der Waals surface area (Å²) in [5.41, 5.74) is 9.24. The lowest BCUT2D eigenvalue weighted by Gasteiger charge is -2.11. The Bertz CT molecular complexity index is 866. The van der Waals surface area contributed by atoms with Crippen molar-refractivity contribution in [3.05, 3.63) is 70.7 Å². The average Bonchev–Trinajstić information content (AvgIpc) is 2.56. The van der Waals surface area contributed by atoms with E-state index < -0.39 is 0 Å². The van der Waals surface area contributed by atoms with E-state index in [1.165, 1.54) is 12.2 Å². The highest BCUT2D eigenvalue weighted by Crippen LogP contribution is 2.35. The zero-order chi connectivity index (χ0) is 17.1. The largest absolute Gasteiger partial charge is 0.397 e. The zero-order valence-corrected chi connectivity index (χ0v) is 14.0. The van der Waals surface area contributed by atoms with Crippen molar-refractivity contribution in [3.8, 4) is 0 Å². The number of halogens is 2. The molecule has 0 aliphatic heterocycles. The van der Waals surface area contributed by atoms with Crippen molar-refractivity contribution < 1.29 is 4.79 Å². The van der Waals surface area contributed by atoms with Crippen molar-refractivity contribution in [2.75, 3.05) is 11.1 Å². The van der Waals surface area contributed by atoms with E-state index in [2.05, 4.69) is 10.3 Å². The molecule has 3 rings (SSSR count). The van der Waals surface area contributed by atoms with E-state index in [0.717, 1.165) is 5.69 Å². The van der Waals surface area contributed by atoms with Crippen molar-refractivity contribution >= 4 is 57.4 Å². The predicted octanol–water partition coefficient (Wildman–Crippen LogP) is 5.09. The van der Waals surface area contributed by atoms with Crippen LogP contribution in [0.5, 0.6) is 0 Å². The topological polar surface area (TPSA) is 67.5 Å². The lowest BCUT2D eigenvalue weighted by molar-refractivity contribution is -0.110. The minimum Gasteiger partial charge on any atom is -0.397 e. The van der Waals surface area contributed by atoms with Crippen LogP contribution in [0.25, 0.3) is 0 Å². The minimum atomic E-state index is -0.0672. The van der Waals surface area contributed by atoms with Crippen LogP contribution in [0.2, 0.25) is 10.0 Å². The quantitative estimate of drug-likeness (QED) is 0.593. The third kappa shape index (κ3) is 3.85. The van der Waals surface area contributed by atoms with Gasteiger partial charge in [-0.15, -0.1) is 0 Å². The number of benzene rings is 2. The summed E-state index contributed by atoms with van der Waals surface area (Å²) in [6.45, 7) is 0. The molecule has 6 heteroatoms. The molecule has 0 spiro atoms. The molecule has 0 saturated carbocycles. The van der Waals surface area contributed by atoms with Crippen LogP contribution in [0.15, 0.2) is 65.7 Å². The average molecular weight is 358 g/mol. The highest BCUT2D eigenvalue weighted by Gasteiger charge is 2.08. The third-order valence-electron chi connectivity index (χ3n) is 3.33. The molecule has 4 nitrogen and oxygen atoms in total. The monoisotopic (exact) mass is 357 g/mol. The van der Waals surface area contributed by atoms with Gasteiger partial charge in [0.25, 0.3) is 0 Å². The van der Waals surface area contributed by atoms with Crippen LogP contribution in [0.1, 0.15) is 0 Å². The first-order valence-corrected chi connectivity index (χ1v) is 7.87. The summed E-state index contributed by atoms with van der Waals surface area (Å²) in [4.78, 5) is 15.5. The number of ketones is 1. The van der Waals surface area contributed by atoms with Gasteiger partial charge >= 0.3 is 0 Å². The number of hydrogen-bond donors (Lipinski definition) is 2. The summed E-state index contributed by atoms with van der Waals surface area (Å²) in [5.74, 6) is -0.0672. The zero-order valence-electron chi connectivity index (χ0n) is 12.5. The molecule has 0 heterocycles. The van der Waals surface area contributed by atoms with Gasteiger partial charge in [-0.25, -0.2) is 4.99 Å². The van der Waals surface area contributed by atoms with Crippen LogP contribution in [0, 0.1) is 0 Å². The summed E-state index contributed by atoms with van der Waals surface area (Å²) in [6.07, 6.45) is 6.17. The fourth-order valence-electron chi connectivity index (χ4n) is 2.12. The highest BCUT2D eigenvalue weighted by atomic mass is 35.5. The second-order valence-electron chi connectivity index (χ2n) is 5.13. The number of rotatable bonds is 3. The lowest BCUT2D eigenvalue weighted by Crippen LogP contribution is -1.99. The molecule has 3 N–H and O–H groups in total. The summed E-state index contributed by atoms with van der Waals surface area (Å²) >= 11 is 12.2. The number of carbonyl (C=O) groups is 1. The molecule has 0 atom stereocenters. The first-order valence-electron chi connectivity index (χ1n) is 7.12. The maximum atomic E-state index is 11.1. The number of nitrogen functional groups attached to an aromatic ring is 1. The number of nitrogens with zero attached hydrogens (tertiary/aromatic N) is 1. The summed E-state index contributed by atoms with van der Waals surface area (Å²) in [5, 5.41) is 4.33. The lowest BCUT2D eigenvalue weighted by atomic mass is 10.1.